The summed E-state index contributed by atoms with van der Waals surface area (Å²) in [5.74, 6) is -3.42. The fraction of sp³-hybridized carbons (Fsp3) is 0.312. The van der Waals surface area contributed by atoms with Gasteiger partial charge in [-0.3, -0.25) is 51.5 Å². The van der Waals surface area contributed by atoms with E-state index in [0.29, 0.717) is 59.7 Å². The van der Waals surface area contributed by atoms with Crippen LogP contribution in [0.3, 0.4) is 0 Å². The molecule has 0 bridgehead atoms. The van der Waals surface area contributed by atoms with Crippen molar-refractivity contribution >= 4 is 155 Å². The third-order valence-corrected chi connectivity index (χ3v) is 24.5. The van der Waals surface area contributed by atoms with Crippen molar-refractivity contribution in [3.05, 3.63) is 155 Å². The highest BCUT2D eigenvalue weighted by Crippen LogP contribution is 2.52. The number of pyridine rings is 1. The van der Waals surface area contributed by atoms with Crippen LogP contribution in [-0.2, 0) is 97.7 Å². The highest BCUT2D eigenvalue weighted by molar-refractivity contribution is 7.91. The summed E-state index contributed by atoms with van der Waals surface area (Å²) in [5, 5.41) is 22.0. The fourth-order valence-electron chi connectivity index (χ4n) is 12.5. The molecule has 0 radical (unpaired) electrons. The molecule has 0 fully saturated rings. The van der Waals surface area contributed by atoms with Gasteiger partial charge in [0.05, 0.1) is 38.0 Å². The van der Waals surface area contributed by atoms with Crippen LogP contribution < -0.4 is 31.3 Å². The number of sulfonamides is 1. The molecule has 568 valence electrons. The van der Waals surface area contributed by atoms with Crippen molar-refractivity contribution in [1.29, 1.82) is 0 Å². The van der Waals surface area contributed by atoms with Gasteiger partial charge < -0.3 is 26.2 Å². The highest BCUT2D eigenvalue weighted by Gasteiger charge is 2.47. The number of aromatic nitrogens is 3. The molecule has 0 spiro atoms. The van der Waals surface area contributed by atoms with Gasteiger partial charge >= 0.3 is 0 Å². The first-order valence-electron chi connectivity index (χ1n) is 31.7. The summed E-state index contributed by atoms with van der Waals surface area (Å²) in [7, 11) is -34.0. The van der Waals surface area contributed by atoms with Gasteiger partial charge in [-0.15, -0.1) is 10.2 Å². The monoisotopic (exact) mass is 1620 g/mol. The van der Waals surface area contributed by atoms with E-state index in [2.05, 4.69) is 36.4 Å². The number of carbonyl (C=O) groups is 4. The molecule has 9 rings (SSSR count). The number of primary sulfonamides is 1. The van der Waals surface area contributed by atoms with Crippen LogP contribution in [0.1, 0.15) is 116 Å². The zero-order valence-corrected chi connectivity index (χ0v) is 63.0. The number of hydrogen-bond acceptors (Lipinski definition) is 23. The fourth-order valence-corrected chi connectivity index (χ4v) is 17.5. The van der Waals surface area contributed by atoms with E-state index >= 15 is 0 Å². The molecule has 0 atom stereocenters. The third-order valence-electron chi connectivity index (χ3n) is 17.3. The Kier molecular flexibility index (Phi) is 24.0. The van der Waals surface area contributed by atoms with Crippen LogP contribution in [0.5, 0.6) is 0 Å². The first kappa shape index (κ1) is 81.3. The molecule has 34 nitrogen and oxygen atoms in total. The lowest BCUT2D eigenvalue weighted by molar-refractivity contribution is -0.437. The number of nitrogens with two attached hydrogens (primary N) is 1. The van der Waals surface area contributed by atoms with Crippen molar-refractivity contribution < 1.29 is 110 Å². The molecule has 4 amide bonds. The molecule has 0 aliphatic carbocycles. The maximum atomic E-state index is 13.7. The number of nitrogens with zero attached hydrogens (tertiary/aromatic N) is 5. The lowest BCUT2D eigenvalue weighted by atomic mass is 9.79. The smallest absolute Gasteiger partial charge is 0.295 e. The summed E-state index contributed by atoms with van der Waals surface area (Å²) in [4.78, 5) is 54.5. The summed E-state index contributed by atoms with van der Waals surface area (Å²) in [6.45, 7) is 6.43. The lowest BCUT2D eigenvalue weighted by Crippen LogP contribution is -2.28. The van der Waals surface area contributed by atoms with E-state index in [0.717, 1.165) is 12.1 Å². The van der Waals surface area contributed by atoms with Gasteiger partial charge in [-0.1, -0.05) is 55.9 Å². The zero-order valence-electron chi connectivity index (χ0n) is 56.5. The number of nitrogens with one attached hydrogen (secondary N) is 4. The lowest BCUT2D eigenvalue weighted by Gasteiger charge is -2.27. The number of rotatable bonds is 31. The average molecular weight is 1620 g/mol. The summed E-state index contributed by atoms with van der Waals surface area (Å²) in [5.41, 5.74) is 0.194. The van der Waals surface area contributed by atoms with Crippen LogP contribution in [0.2, 0.25) is 0 Å². The summed E-state index contributed by atoms with van der Waals surface area (Å²) >= 11 is 0.560. The van der Waals surface area contributed by atoms with Crippen LogP contribution in [0, 0.1) is 0 Å². The molecule has 0 unspecified atom stereocenters. The Morgan fingerprint density at radius 3 is 1.78 bits per heavy atom. The molecular formula is C64H71N10O24S8+. The second kappa shape index (κ2) is 31.2. The topological polar surface area (TPSA) is 548 Å². The van der Waals surface area contributed by atoms with Crippen LogP contribution in [-0.4, -0.2) is 173 Å². The minimum absolute atomic E-state index is 0.0753. The minimum Gasteiger partial charge on any atom is -0.352 e. The van der Waals surface area contributed by atoms with E-state index in [-0.39, 0.29) is 136 Å². The maximum absolute atomic E-state index is 13.7. The van der Waals surface area contributed by atoms with Crippen LogP contribution in [0.4, 0.5) is 16.5 Å². The molecule has 12 N–H and O–H groups in total. The molecule has 4 heterocycles. The molecule has 0 saturated carbocycles. The van der Waals surface area contributed by atoms with Gasteiger partial charge in [0.25, 0.3) is 82.5 Å². The molecule has 42 heteroatoms. The summed E-state index contributed by atoms with van der Waals surface area (Å²) in [6, 6.07) is 17.9. The van der Waals surface area contributed by atoms with Crippen molar-refractivity contribution in [2.75, 3.05) is 47.9 Å². The Labute approximate surface area is 613 Å². The predicted molar refractivity (Wildman–Crippen MR) is 388 cm³/mol. The van der Waals surface area contributed by atoms with Gasteiger partial charge in [0.15, 0.2) is 5.71 Å². The number of amides is 4. The van der Waals surface area contributed by atoms with Crippen LogP contribution >= 0.6 is 11.3 Å². The van der Waals surface area contributed by atoms with E-state index in [9.17, 15) is 105 Å². The predicted octanol–water partition coefficient (Wildman–Crippen LogP) is 5.49. The largest absolute Gasteiger partial charge is 0.352 e. The second-order valence-electron chi connectivity index (χ2n) is 25.5. The van der Waals surface area contributed by atoms with E-state index < -0.39 is 135 Å². The molecule has 2 aliphatic rings. The van der Waals surface area contributed by atoms with Gasteiger partial charge in [-0.2, -0.15) is 55.1 Å². The summed E-state index contributed by atoms with van der Waals surface area (Å²) in [6.07, 6.45) is 8.30. The number of allylic oxidation sites excluding steroid dienone is 6. The molecule has 2 aliphatic heterocycles. The van der Waals surface area contributed by atoms with Crippen LogP contribution in [0.15, 0.2) is 145 Å². The van der Waals surface area contributed by atoms with Crippen LogP contribution in [0.25, 0.3) is 27.1 Å². The van der Waals surface area contributed by atoms with Gasteiger partial charge in [-0.25, -0.2) is 13.6 Å². The van der Waals surface area contributed by atoms with Gasteiger partial charge in [0.1, 0.15) is 16.3 Å². The van der Waals surface area contributed by atoms with Crippen molar-refractivity contribution in [3.63, 3.8) is 0 Å². The maximum Gasteiger partial charge on any atom is 0.295 e. The van der Waals surface area contributed by atoms with E-state index in [1.807, 2.05) is 0 Å². The van der Waals surface area contributed by atoms with Gasteiger partial charge in [0.2, 0.25) is 27.0 Å². The molecular weight excluding hydrogens is 1550 g/mol. The molecule has 0 saturated heterocycles. The normalized spacial score (nSPS) is 15.3. The first-order chi connectivity index (χ1) is 49.1. The Morgan fingerprint density at radius 2 is 1.20 bits per heavy atom. The van der Waals surface area contributed by atoms with E-state index in [1.165, 1.54) is 60.8 Å². The van der Waals surface area contributed by atoms with Crippen molar-refractivity contribution in [2.45, 2.75) is 114 Å². The van der Waals surface area contributed by atoms with Gasteiger partial charge in [0, 0.05) is 108 Å². The van der Waals surface area contributed by atoms with Gasteiger partial charge in [-0.05, 0) is 128 Å². The second-order valence-corrected chi connectivity index (χ2v) is 37.0. The standard InChI is InChI=1S/C64H70N10O24S8/c1-63(2)53(73(27-9-29-100(79,80)81)49-20-17-44-46(57(49)63)32-42(103(87,88)89)34-51(44)105(93,94)95)22-15-39(16-23-54-64(3,4)58-47-33-43(104(90,91)92)35-52(106(96,97)98)45(47)18-21-50(58)74(54)28-10-30-101(82,83)84)48-19-14-41(37-68-48)60(78)66-25-7-5-6-13-55(75)69-36-38-11-8-12-40(31-38)59(77)67-26-24-56(76)70-61-71-72-62(99-61)102(65,85)86/h8,11-12,14-23,31-35,37H,5-7,9-10,13,24-30,36H2,1-4H3,(H11-,65,66,67,69,70,71,75,76,77,78,79,80,81,82,83,84,85,86,87,88,89,90,91,92,93,94,95,96,97,98)/p+1. The molecule has 106 heavy (non-hydrogen) atoms. The third kappa shape index (κ3) is 19.5. The SMILES string of the molecule is CC1(C)C(=CC=C(C=CC2=[N+](CCCS(=O)(=O)O)c3ccc4c(S(=O)(=O)O)cc(S(=O)(=O)O)cc4c3C2(C)C)c2ccc(C(=O)NCCCCCC(=O)NCc3cccc(C(=O)NCCC(=O)Nc4nnc(S(N)(=O)=O)s4)c3)cn2)N(CCCS(=O)(=O)O)c2ccc3c(S(=O)(=O)O)cc(S(=O)(=O)O)cc3c21. The minimum atomic E-state index is -5.19. The number of carbonyl (C=O) groups excluding carboxylic acids is 4. The van der Waals surface area contributed by atoms with E-state index in [4.69, 9.17) is 5.14 Å². The van der Waals surface area contributed by atoms with Crippen molar-refractivity contribution in [2.24, 2.45) is 5.14 Å². The highest BCUT2D eigenvalue weighted by atomic mass is 32.3. The number of unbranched alkanes of at least 4 members (excludes halogenated alkanes) is 2. The molecule has 5 aromatic carbocycles. The zero-order chi connectivity index (χ0) is 78.1. The Morgan fingerprint density at radius 1 is 0.594 bits per heavy atom. The molecule has 2 aromatic heterocycles. The quantitative estimate of drug-likeness (QED) is 0.00841. The molecule has 7 aromatic rings. The number of hydrogen-bond donors (Lipinski definition) is 11. The van der Waals surface area contributed by atoms with E-state index in [1.54, 1.807) is 67.5 Å². The number of benzene rings is 5. The summed E-state index contributed by atoms with van der Waals surface area (Å²) < 4.78 is 236. The number of anilines is 2. The van der Waals surface area contributed by atoms with Crippen molar-refractivity contribution in [1.82, 2.24) is 31.1 Å². The average Bonchev–Trinajstić information content (AvgIpc) is 1.54. The Balaban J connectivity index is 0.983. The first-order valence-corrected chi connectivity index (χ1v) is 43.1. The van der Waals surface area contributed by atoms with Crippen molar-refractivity contribution in [3.8, 4) is 0 Å². The Bertz CT molecular complexity index is 5750. The Hall–Kier alpha value is -8.73. The number of fused-ring (bicyclic) bond motifs is 6.